The van der Waals surface area contributed by atoms with Crippen molar-refractivity contribution in [1.29, 1.82) is 5.26 Å². The van der Waals surface area contributed by atoms with Gasteiger partial charge in [-0.2, -0.15) is 5.26 Å². The molecule has 29 heavy (non-hydrogen) atoms. The van der Waals surface area contributed by atoms with Crippen molar-refractivity contribution in [2.75, 3.05) is 5.32 Å². The van der Waals surface area contributed by atoms with Crippen LogP contribution in [-0.4, -0.2) is 10.8 Å². The molecule has 144 valence electrons. The Morgan fingerprint density at radius 1 is 1.14 bits per heavy atom. The van der Waals surface area contributed by atoms with Crippen LogP contribution in [0.3, 0.4) is 0 Å². The SMILES string of the molecule is Cc1ccc(NC(=O)/C(C#N)=C\c2ccc(-c3ccc(C)c([N+](=O)[O-])c3)o2)cc1. The first-order valence-corrected chi connectivity index (χ1v) is 8.72. The third-order valence-electron chi connectivity index (χ3n) is 4.28. The lowest BCUT2D eigenvalue weighted by atomic mass is 10.1. The minimum Gasteiger partial charge on any atom is -0.457 e. The zero-order valence-electron chi connectivity index (χ0n) is 15.8. The second-order valence-corrected chi connectivity index (χ2v) is 6.45. The molecule has 0 fully saturated rings. The van der Waals surface area contributed by atoms with Gasteiger partial charge in [0.05, 0.1) is 4.92 Å². The number of anilines is 1. The summed E-state index contributed by atoms with van der Waals surface area (Å²) in [4.78, 5) is 23.0. The summed E-state index contributed by atoms with van der Waals surface area (Å²) in [5.41, 5.74) is 2.58. The number of amides is 1. The minimum atomic E-state index is -0.555. The Morgan fingerprint density at radius 2 is 1.86 bits per heavy atom. The van der Waals surface area contributed by atoms with Gasteiger partial charge in [-0.1, -0.05) is 29.8 Å². The molecule has 3 rings (SSSR count). The maximum atomic E-state index is 12.3. The van der Waals surface area contributed by atoms with E-state index in [-0.39, 0.29) is 11.3 Å². The van der Waals surface area contributed by atoms with Gasteiger partial charge in [0.25, 0.3) is 11.6 Å². The summed E-state index contributed by atoms with van der Waals surface area (Å²) in [7, 11) is 0. The van der Waals surface area contributed by atoms with Gasteiger partial charge in [0.1, 0.15) is 23.2 Å². The average Bonchev–Trinajstić information content (AvgIpc) is 3.16. The van der Waals surface area contributed by atoms with Crippen molar-refractivity contribution in [2.24, 2.45) is 0 Å². The Labute approximate surface area is 167 Å². The van der Waals surface area contributed by atoms with E-state index >= 15 is 0 Å². The molecule has 0 atom stereocenters. The van der Waals surface area contributed by atoms with Crippen molar-refractivity contribution < 1.29 is 14.1 Å². The molecule has 7 heteroatoms. The van der Waals surface area contributed by atoms with Crippen LogP contribution in [-0.2, 0) is 4.79 Å². The molecule has 1 amide bonds. The van der Waals surface area contributed by atoms with E-state index in [2.05, 4.69) is 5.32 Å². The van der Waals surface area contributed by atoms with E-state index in [9.17, 15) is 20.2 Å². The Morgan fingerprint density at radius 3 is 2.52 bits per heavy atom. The largest absolute Gasteiger partial charge is 0.457 e. The standard InChI is InChI=1S/C22H17N3O4/c1-14-3-7-18(8-4-14)24-22(26)17(13-23)11-19-9-10-21(29-19)16-6-5-15(2)20(12-16)25(27)28/h3-12H,1-2H3,(H,24,26)/b17-11-. The summed E-state index contributed by atoms with van der Waals surface area (Å²) in [6, 6.07) is 17.1. The van der Waals surface area contributed by atoms with Crippen LogP contribution in [0.15, 0.2) is 64.6 Å². The molecule has 2 aromatic carbocycles. The van der Waals surface area contributed by atoms with Crippen LogP contribution in [0.1, 0.15) is 16.9 Å². The summed E-state index contributed by atoms with van der Waals surface area (Å²) in [5, 5.41) is 23.1. The Balaban J connectivity index is 1.83. The number of nitro groups is 1. The third-order valence-corrected chi connectivity index (χ3v) is 4.28. The lowest BCUT2D eigenvalue weighted by molar-refractivity contribution is -0.385. The molecule has 0 saturated carbocycles. The number of nitrogens with one attached hydrogen (secondary N) is 1. The summed E-state index contributed by atoms with van der Waals surface area (Å²) >= 11 is 0. The molecule has 0 spiro atoms. The van der Waals surface area contributed by atoms with Crippen LogP contribution in [0.25, 0.3) is 17.4 Å². The summed E-state index contributed by atoms with van der Waals surface area (Å²) in [5.74, 6) is 0.134. The Bertz CT molecular complexity index is 1150. The first-order valence-electron chi connectivity index (χ1n) is 8.72. The molecular formula is C22H17N3O4. The number of nitriles is 1. The number of rotatable bonds is 5. The molecule has 0 unspecified atom stereocenters. The molecule has 1 aromatic heterocycles. The first kappa shape index (κ1) is 19.6. The molecule has 0 aliphatic heterocycles. The highest BCUT2D eigenvalue weighted by Crippen LogP contribution is 2.28. The second-order valence-electron chi connectivity index (χ2n) is 6.45. The van der Waals surface area contributed by atoms with Crippen LogP contribution in [0.2, 0.25) is 0 Å². The number of furan rings is 1. The molecule has 0 aliphatic carbocycles. The van der Waals surface area contributed by atoms with E-state index in [4.69, 9.17) is 4.42 Å². The number of benzene rings is 2. The fourth-order valence-corrected chi connectivity index (χ4v) is 2.67. The summed E-state index contributed by atoms with van der Waals surface area (Å²) in [6.07, 6.45) is 1.33. The molecule has 7 nitrogen and oxygen atoms in total. The van der Waals surface area contributed by atoms with Crippen LogP contribution >= 0.6 is 0 Å². The number of carbonyl (C=O) groups excluding carboxylic acids is 1. The lowest BCUT2D eigenvalue weighted by Gasteiger charge is -2.04. The predicted molar refractivity (Wildman–Crippen MR) is 109 cm³/mol. The van der Waals surface area contributed by atoms with E-state index in [1.165, 1.54) is 12.1 Å². The zero-order valence-corrected chi connectivity index (χ0v) is 15.8. The highest BCUT2D eigenvalue weighted by atomic mass is 16.6. The molecule has 0 radical (unpaired) electrons. The van der Waals surface area contributed by atoms with E-state index < -0.39 is 10.8 Å². The van der Waals surface area contributed by atoms with Crippen LogP contribution in [0.5, 0.6) is 0 Å². The molecule has 3 aromatic rings. The van der Waals surface area contributed by atoms with Gasteiger partial charge in [0, 0.05) is 29.0 Å². The highest BCUT2D eigenvalue weighted by Gasteiger charge is 2.15. The van der Waals surface area contributed by atoms with Crippen molar-refractivity contribution in [3.05, 3.63) is 87.2 Å². The number of aryl methyl sites for hydroxylation is 2. The second kappa shape index (κ2) is 8.23. The zero-order chi connectivity index (χ0) is 21.0. The first-order chi connectivity index (χ1) is 13.9. The number of hydrogen-bond donors (Lipinski definition) is 1. The fraction of sp³-hybridized carbons (Fsp3) is 0.0909. The minimum absolute atomic E-state index is 0.00817. The van der Waals surface area contributed by atoms with Gasteiger partial charge in [-0.25, -0.2) is 0 Å². The molecule has 0 aliphatic rings. The third kappa shape index (κ3) is 4.57. The van der Waals surface area contributed by atoms with E-state index in [1.54, 1.807) is 43.3 Å². The smallest absolute Gasteiger partial charge is 0.273 e. The van der Waals surface area contributed by atoms with Gasteiger partial charge in [-0.15, -0.1) is 0 Å². The van der Waals surface area contributed by atoms with E-state index in [0.717, 1.165) is 5.56 Å². The van der Waals surface area contributed by atoms with Crippen molar-refractivity contribution in [3.63, 3.8) is 0 Å². The van der Waals surface area contributed by atoms with E-state index in [0.29, 0.717) is 28.3 Å². The van der Waals surface area contributed by atoms with Gasteiger partial charge in [0.15, 0.2) is 0 Å². The number of carbonyl (C=O) groups is 1. The van der Waals surface area contributed by atoms with Gasteiger partial charge in [-0.05, 0) is 38.1 Å². The monoisotopic (exact) mass is 387 g/mol. The number of nitrogens with zero attached hydrogens (tertiary/aromatic N) is 2. The van der Waals surface area contributed by atoms with Gasteiger partial charge in [-0.3, -0.25) is 14.9 Å². The lowest BCUT2D eigenvalue weighted by Crippen LogP contribution is -2.13. The topological polar surface area (TPSA) is 109 Å². The Hall–Kier alpha value is -4.18. The maximum Gasteiger partial charge on any atom is 0.273 e. The number of hydrogen-bond acceptors (Lipinski definition) is 5. The van der Waals surface area contributed by atoms with Gasteiger partial charge < -0.3 is 9.73 Å². The highest BCUT2D eigenvalue weighted by molar-refractivity contribution is 6.09. The van der Waals surface area contributed by atoms with Crippen LogP contribution < -0.4 is 5.32 Å². The molecule has 0 saturated heterocycles. The molecule has 1 N–H and O–H groups in total. The van der Waals surface area contributed by atoms with Crippen molar-refractivity contribution in [2.45, 2.75) is 13.8 Å². The van der Waals surface area contributed by atoms with Crippen LogP contribution in [0.4, 0.5) is 11.4 Å². The van der Waals surface area contributed by atoms with Gasteiger partial charge in [0.2, 0.25) is 0 Å². The predicted octanol–water partition coefficient (Wildman–Crippen LogP) is 5.02. The molecule has 0 bridgehead atoms. The van der Waals surface area contributed by atoms with Crippen molar-refractivity contribution in [1.82, 2.24) is 0 Å². The summed E-state index contributed by atoms with van der Waals surface area (Å²) < 4.78 is 5.66. The molecular weight excluding hydrogens is 370 g/mol. The average molecular weight is 387 g/mol. The fourth-order valence-electron chi connectivity index (χ4n) is 2.67. The summed E-state index contributed by atoms with van der Waals surface area (Å²) in [6.45, 7) is 3.59. The van der Waals surface area contributed by atoms with Gasteiger partial charge >= 0.3 is 0 Å². The normalized spacial score (nSPS) is 11.0. The van der Waals surface area contributed by atoms with Crippen molar-refractivity contribution in [3.8, 4) is 17.4 Å². The number of nitro benzene ring substituents is 1. The quantitative estimate of drug-likeness (QED) is 0.286. The molecule has 1 heterocycles. The Kier molecular flexibility index (Phi) is 5.56. The van der Waals surface area contributed by atoms with Crippen LogP contribution in [0, 0.1) is 35.3 Å². The van der Waals surface area contributed by atoms with Crippen molar-refractivity contribution >= 4 is 23.4 Å². The van der Waals surface area contributed by atoms with E-state index in [1.807, 2.05) is 25.1 Å². The maximum absolute atomic E-state index is 12.3.